The topological polar surface area (TPSA) is 66.8 Å². The highest BCUT2D eigenvalue weighted by atomic mass is 79.9. The number of carboxylic acid groups (broad SMARTS) is 1. The molecule has 8 heteroatoms. The van der Waals surface area contributed by atoms with Gasteiger partial charge in [-0.15, -0.1) is 0 Å². The quantitative estimate of drug-likeness (QED) is 0.355. The van der Waals surface area contributed by atoms with E-state index in [1.165, 1.54) is 12.1 Å². The van der Waals surface area contributed by atoms with E-state index in [4.69, 9.17) is 4.74 Å². The van der Waals surface area contributed by atoms with Crippen LogP contribution in [0.5, 0.6) is 0 Å². The van der Waals surface area contributed by atoms with E-state index in [9.17, 15) is 23.5 Å². The summed E-state index contributed by atoms with van der Waals surface area (Å²) in [5.41, 5.74) is 2.38. The zero-order valence-corrected chi connectivity index (χ0v) is 19.2. The van der Waals surface area contributed by atoms with Gasteiger partial charge in [-0.2, -0.15) is 0 Å². The van der Waals surface area contributed by atoms with Crippen molar-refractivity contribution in [2.45, 2.75) is 20.0 Å². The zero-order valence-electron chi connectivity index (χ0n) is 17.6. The highest BCUT2D eigenvalue weighted by molar-refractivity contribution is 9.09. The van der Waals surface area contributed by atoms with Gasteiger partial charge in [0.25, 0.3) is 0 Å². The molecule has 2 rings (SSSR count). The number of carbonyl (C=O) groups is 2. The summed E-state index contributed by atoms with van der Waals surface area (Å²) in [7, 11) is 0. The predicted octanol–water partition coefficient (Wildman–Crippen LogP) is 5.06. The monoisotopic (exact) mass is 507 g/mol. The highest BCUT2D eigenvalue weighted by Gasteiger charge is 2.18. The number of hydrogen-bond acceptors (Lipinski definition) is 3. The molecule has 170 valence electrons. The fourth-order valence-corrected chi connectivity index (χ4v) is 3.31. The maximum absolute atomic E-state index is 13.7. The first-order chi connectivity index (χ1) is 15.3. The number of allylic oxidation sites excluding steroid dienone is 5. The summed E-state index contributed by atoms with van der Waals surface area (Å²) in [4.78, 5) is 25.5. The summed E-state index contributed by atoms with van der Waals surface area (Å²) in [5.74, 6) is -2.55. The van der Waals surface area contributed by atoms with Crippen molar-refractivity contribution in [3.63, 3.8) is 0 Å². The number of aliphatic carboxylic acids is 1. The summed E-state index contributed by atoms with van der Waals surface area (Å²) in [6.07, 6.45) is 8.61. The minimum Gasteiger partial charge on any atom is -0.478 e. The second kappa shape index (κ2) is 12.3. The second-order valence-corrected chi connectivity index (χ2v) is 7.55. The van der Waals surface area contributed by atoms with Crippen LogP contribution < -0.4 is 0 Å². The number of alkyl halides is 1. The average molecular weight is 508 g/mol. The van der Waals surface area contributed by atoms with Crippen LogP contribution in [0.15, 0.2) is 77.6 Å². The van der Waals surface area contributed by atoms with Crippen molar-refractivity contribution in [1.82, 2.24) is 4.90 Å². The second-order valence-electron chi connectivity index (χ2n) is 6.99. The van der Waals surface area contributed by atoms with Crippen LogP contribution >= 0.6 is 15.9 Å². The summed E-state index contributed by atoms with van der Waals surface area (Å²) in [6, 6.07) is 3.29. The van der Waals surface area contributed by atoms with Crippen LogP contribution in [-0.2, 0) is 20.9 Å². The molecule has 1 aromatic rings. The molecule has 0 bridgehead atoms. The third kappa shape index (κ3) is 7.10. The number of carbonyl (C=O) groups excluding carboxylic acids is 1. The normalized spacial score (nSPS) is 14.1. The van der Waals surface area contributed by atoms with Gasteiger partial charge < -0.3 is 14.7 Å². The smallest absolute Gasteiger partial charge is 0.335 e. The fraction of sp³-hybridized carbons (Fsp3) is 0.250. The Morgan fingerprint density at radius 3 is 2.69 bits per heavy atom. The molecule has 1 aromatic carbocycles. The SMILES string of the molecule is C=CC1=CC=C(CN(C(=O)CBr)/C(C)=C\COCc2ccc(F)cc2F)CC=C1C(=O)O. The number of ether oxygens (including phenoxy) is 1. The molecule has 0 fully saturated rings. The molecule has 0 spiro atoms. The Balaban J connectivity index is 2.08. The lowest BCUT2D eigenvalue weighted by Crippen LogP contribution is -2.32. The van der Waals surface area contributed by atoms with Crippen molar-refractivity contribution in [3.05, 3.63) is 94.8 Å². The van der Waals surface area contributed by atoms with Crippen LogP contribution in [0.25, 0.3) is 0 Å². The molecule has 0 saturated carbocycles. The molecule has 0 atom stereocenters. The molecule has 32 heavy (non-hydrogen) atoms. The Morgan fingerprint density at radius 2 is 2.06 bits per heavy atom. The summed E-state index contributed by atoms with van der Waals surface area (Å²) in [6.45, 7) is 5.76. The summed E-state index contributed by atoms with van der Waals surface area (Å²) >= 11 is 3.18. The van der Waals surface area contributed by atoms with E-state index in [-0.39, 0.29) is 42.1 Å². The van der Waals surface area contributed by atoms with Crippen molar-refractivity contribution >= 4 is 27.8 Å². The minimum absolute atomic E-state index is 0.0364. The van der Waals surface area contributed by atoms with Crippen molar-refractivity contribution in [2.24, 2.45) is 0 Å². The third-order valence-electron chi connectivity index (χ3n) is 4.80. The fourth-order valence-electron chi connectivity index (χ4n) is 3.00. The third-order valence-corrected chi connectivity index (χ3v) is 5.28. The van der Waals surface area contributed by atoms with Gasteiger partial charge in [-0.05, 0) is 36.6 Å². The van der Waals surface area contributed by atoms with Crippen molar-refractivity contribution in [3.8, 4) is 0 Å². The van der Waals surface area contributed by atoms with Gasteiger partial charge in [-0.3, -0.25) is 4.79 Å². The van der Waals surface area contributed by atoms with E-state index in [2.05, 4.69) is 22.5 Å². The largest absolute Gasteiger partial charge is 0.478 e. The van der Waals surface area contributed by atoms with E-state index in [0.29, 0.717) is 17.7 Å². The first kappa shape index (κ1) is 25.4. The van der Waals surface area contributed by atoms with Crippen LogP contribution in [0.4, 0.5) is 8.78 Å². The number of carboxylic acids is 1. The molecular formula is C24H24BrF2NO4. The van der Waals surface area contributed by atoms with Gasteiger partial charge in [0.1, 0.15) is 11.6 Å². The van der Waals surface area contributed by atoms with Crippen molar-refractivity contribution in [2.75, 3.05) is 18.5 Å². The molecule has 0 saturated heterocycles. The molecule has 0 heterocycles. The molecule has 1 N–H and O–H groups in total. The molecule has 0 aliphatic heterocycles. The van der Waals surface area contributed by atoms with Gasteiger partial charge in [0.05, 0.1) is 24.1 Å². The number of benzene rings is 1. The lowest BCUT2D eigenvalue weighted by Gasteiger charge is -2.24. The Morgan fingerprint density at radius 1 is 1.31 bits per heavy atom. The molecule has 1 aliphatic carbocycles. The van der Waals surface area contributed by atoms with Gasteiger partial charge >= 0.3 is 5.97 Å². The number of halogens is 3. The predicted molar refractivity (Wildman–Crippen MR) is 122 cm³/mol. The molecule has 5 nitrogen and oxygen atoms in total. The Hall–Kier alpha value is -2.84. The summed E-state index contributed by atoms with van der Waals surface area (Å²) < 4.78 is 32.1. The molecule has 0 unspecified atom stereocenters. The first-order valence-electron chi connectivity index (χ1n) is 9.77. The van der Waals surface area contributed by atoms with Crippen LogP contribution in [0.2, 0.25) is 0 Å². The van der Waals surface area contributed by atoms with E-state index in [1.54, 1.807) is 36.1 Å². The minimum atomic E-state index is -1.04. The summed E-state index contributed by atoms with van der Waals surface area (Å²) in [5, 5.41) is 9.47. The van der Waals surface area contributed by atoms with Gasteiger partial charge in [0.15, 0.2) is 0 Å². The van der Waals surface area contributed by atoms with Crippen molar-refractivity contribution in [1.29, 1.82) is 0 Å². The Labute approximate surface area is 194 Å². The van der Waals surface area contributed by atoms with Crippen LogP contribution in [0.1, 0.15) is 18.9 Å². The number of amides is 1. The molecule has 1 aliphatic rings. The lowest BCUT2D eigenvalue weighted by atomic mass is 10.1. The first-order valence-corrected chi connectivity index (χ1v) is 10.9. The van der Waals surface area contributed by atoms with Crippen LogP contribution in [0, 0.1) is 11.6 Å². The Kier molecular flexibility index (Phi) is 9.74. The van der Waals surface area contributed by atoms with Crippen molar-refractivity contribution < 1.29 is 28.2 Å². The van der Waals surface area contributed by atoms with E-state index in [0.717, 1.165) is 17.7 Å². The molecule has 0 aromatic heterocycles. The average Bonchev–Trinajstić information content (AvgIpc) is 2.97. The van der Waals surface area contributed by atoms with Gasteiger partial charge in [-0.25, -0.2) is 13.6 Å². The number of nitrogens with zero attached hydrogens (tertiary/aromatic N) is 1. The van der Waals surface area contributed by atoms with Crippen LogP contribution in [0.3, 0.4) is 0 Å². The maximum atomic E-state index is 13.7. The van der Waals surface area contributed by atoms with Gasteiger partial charge in [0, 0.05) is 23.9 Å². The number of rotatable bonds is 10. The van der Waals surface area contributed by atoms with Crippen LogP contribution in [-0.4, -0.2) is 40.4 Å². The Bertz CT molecular complexity index is 1010. The molecular weight excluding hydrogens is 484 g/mol. The highest BCUT2D eigenvalue weighted by Crippen LogP contribution is 2.21. The standard InChI is InChI=1S/C24H24BrF2NO4/c1-3-18-6-4-17(5-9-21(18)24(30)31)14-28(23(29)13-25)16(2)10-11-32-15-19-7-8-20(26)12-22(19)27/h3-4,6-10,12H,1,5,11,13-15H2,2H3,(H,30,31)/b16-10-. The zero-order chi connectivity index (χ0) is 23.7. The van der Waals surface area contributed by atoms with E-state index >= 15 is 0 Å². The van der Waals surface area contributed by atoms with Gasteiger partial charge in [-0.1, -0.05) is 52.9 Å². The van der Waals surface area contributed by atoms with Gasteiger partial charge in [0.2, 0.25) is 5.91 Å². The number of hydrogen-bond donors (Lipinski definition) is 1. The molecule has 0 radical (unpaired) electrons. The van der Waals surface area contributed by atoms with E-state index in [1.807, 2.05) is 0 Å². The lowest BCUT2D eigenvalue weighted by molar-refractivity contribution is -0.132. The van der Waals surface area contributed by atoms with E-state index < -0.39 is 17.6 Å². The maximum Gasteiger partial charge on any atom is 0.335 e. The molecule has 1 amide bonds.